The molecule has 1 aromatic heterocycles. The first-order chi connectivity index (χ1) is 28.8. The number of anilines is 2. The molecule has 3 aliphatic rings. The van der Waals surface area contributed by atoms with Crippen molar-refractivity contribution in [1.29, 1.82) is 0 Å². The van der Waals surface area contributed by atoms with Crippen molar-refractivity contribution >= 4 is 33.9 Å². The fourth-order valence-electron chi connectivity index (χ4n) is 9.46. The number of aromatic nitrogens is 1. The summed E-state index contributed by atoms with van der Waals surface area (Å²) in [6.07, 6.45) is 14.0. The van der Waals surface area contributed by atoms with Crippen LogP contribution in [0.5, 0.6) is 0 Å². The molecule has 2 heteroatoms. The summed E-state index contributed by atoms with van der Waals surface area (Å²) in [5.41, 5.74) is 19.0. The molecular formula is C56H46N2. The van der Waals surface area contributed by atoms with Crippen molar-refractivity contribution in [3.8, 4) is 39.1 Å². The van der Waals surface area contributed by atoms with Gasteiger partial charge in [0.05, 0.1) is 17.3 Å². The van der Waals surface area contributed by atoms with Gasteiger partial charge in [-0.15, -0.1) is 0 Å². The van der Waals surface area contributed by atoms with Crippen LogP contribution in [-0.4, -0.2) is 10.6 Å². The largest absolute Gasteiger partial charge is 0.333 e. The van der Waals surface area contributed by atoms with Gasteiger partial charge >= 0.3 is 0 Å². The maximum atomic E-state index is 2.56. The highest BCUT2D eigenvalue weighted by molar-refractivity contribution is 5.95. The van der Waals surface area contributed by atoms with E-state index in [1.165, 1.54) is 89.3 Å². The minimum atomic E-state index is 0.162. The van der Waals surface area contributed by atoms with E-state index in [2.05, 4.69) is 216 Å². The molecule has 0 spiro atoms. The fraction of sp³-hybridized carbons (Fsp3) is 0.107. The first-order valence-electron chi connectivity index (χ1n) is 20.8. The van der Waals surface area contributed by atoms with Gasteiger partial charge in [0.1, 0.15) is 0 Å². The van der Waals surface area contributed by atoms with Gasteiger partial charge < -0.3 is 9.47 Å². The van der Waals surface area contributed by atoms with Crippen molar-refractivity contribution in [3.63, 3.8) is 0 Å². The number of nitrogens with zero attached hydrogens (tertiary/aromatic N) is 2. The van der Waals surface area contributed by atoms with Gasteiger partial charge in [-0.25, -0.2) is 0 Å². The van der Waals surface area contributed by atoms with Gasteiger partial charge in [-0.1, -0.05) is 172 Å². The van der Waals surface area contributed by atoms with E-state index < -0.39 is 0 Å². The van der Waals surface area contributed by atoms with Crippen molar-refractivity contribution in [2.75, 3.05) is 4.90 Å². The van der Waals surface area contributed by atoms with E-state index >= 15 is 0 Å². The smallest absolute Gasteiger partial charge is 0.0637 e. The molecule has 2 aliphatic carbocycles. The molecule has 7 aromatic carbocycles. The molecule has 2 atom stereocenters. The van der Waals surface area contributed by atoms with Crippen molar-refractivity contribution in [2.45, 2.75) is 38.6 Å². The van der Waals surface area contributed by atoms with Crippen molar-refractivity contribution in [1.82, 2.24) is 4.57 Å². The molecule has 0 bridgehead atoms. The number of para-hydroxylation sites is 2. The zero-order chi connectivity index (χ0) is 39.0. The van der Waals surface area contributed by atoms with Gasteiger partial charge in [0, 0.05) is 28.4 Å². The standard InChI is InChI=1S/C54H40N2.C2H6/c1-3-14-37(15-4-1)41-18-13-19-42(36-41)38-26-30-43(31-27-38)55-49-24-11-9-22-47(49)53-51(55)34-35-52-54(53)48-23-10-12-25-50(48)56(52)44-32-28-40(29-33-44)46-21-8-7-20-45(46)39-16-5-2-6-17-39;1-2/h2-3,5-36,51,53H,1,4H2;1-2H3. The zero-order valence-electron chi connectivity index (χ0n) is 33.1. The molecule has 2 nitrogen and oxygen atoms in total. The first-order valence-corrected chi connectivity index (χ1v) is 20.8. The number of allylic oxidation sites excluding steroid dienone is 4. The molecule has 58 heavy (non-hydrogen) atoms. The van der Waals surface area contributed by atoms with Crippen LogP contribution in [0.2, 0.25) is 0 Å². The summed E-state index contributed by atoms with van der Waals surface area (Å²) < 4.78 is 2.47. The molecule has 280 valence electrons. The van der Waals surface area contributed by atoms with Crippen LogP contribution < -0.4 is 4.90 Å². The fourth-order valence-corrected chi connectivity index (χ4v) is 9.46. The summed E-state index contributed by atoms with van der Waals surface area (Å²) >= 11 is 0. The topological polar surface area (TPSA) is 8.17 Å². The predicted molar refractivity (Wildman–Crippen MR) is 247 cm³/mol. The van der Waals surface area contributed by atoms with E-state index in [0.717, 1.165) is 12.8 Å². The van der Waals surface area contributed by atoms with E-state index in [1.807, 2.05) is 13.8 Å². The zero-order valence-corrected chi connectivity index (χ0v) is 33.1. The summed E-state index contributed by atoms with van der Waals surface area (Å²) in [4.78, 5) is 2.56. The third kappa shape index (κ3) is 6.04. The van der Waals surface area contributed by atoms with Crippen molar-refractivity contribution in [2.24, 2.45) is 0 Å². The predicted octanol–water partition coefficient (Wildman–Crippen LogP) is 15.1. The quantitative estimate of drug-likeness (QED) is 0.164. The monoisotopic (exact) mass is 746 g/mol. The minimum Gasteiger partial charge on any atom is -0.333 e. The molecule has 0 fully saturated rings. The van der Waals surface area contributed by atoms with E-state index in [9.17, 15) is 0 Å². The third-order valence-corrected chi connectivity index (χ3v) is 12.0. The SMILES string of the molecule is C1=CC(c2cccc(-c3ccc(N4c5ccccc5C5c6c(n(-c7ccc(-c8ccccc8-c8ccccc8)cc7)c7ccccc67)C=CC54)cc3)c2)=CCC1.CC. The van der Waals surface area contributed by atoms with Crippen LogP contribution in [0.15, 0.2) is 200 Å². The molecule has 0 amide bonds. The Morgan fingerprint density at radius 3 is 1.91 bits per heavy atom. The summed E-state index contributed by atoms with van der Waals surface area (Å²) in [7, 11) is 0. The summed E-state index contributed by atoms with van der Waals surface area (Å²) in [5.74, 6) is 0.197. The average Bonchev–Trinajstić information content (AvgIpc) is 3.83. The molecule has 2 unspecified atom stereocenters. The number of hydrogen-bond acceptors (Lipinski definition) is 1. The van der Waals surface area contributed by atoms with E-state index in [1.54, 1.807) is 0 Å². The van der Waals surface area contributed by atoms with Gasteiger partial charge in [0.15, 0.2) is 0 Å². The third-order valence-electron chi connectivity index (χ3n) is 12.0. The van der Waals surface area contributed by atoms with Crippen LogP contribution in [0.1, 0.15) is 55.0 Å². The summed E-state index contributed by atoms with van der Waals surface area (Å²) in [6, 6.07) is 64.9. The lowest BCUT2D eigenvalue weighted by atomic mass is 9.82. The average molecular weight is 747 g/mol. The second-order valence-corrected chi connectivity index (χ2v) is 15.1. The minimum absolute atomic E-state index is 0.162. The van der Waals surface area contributed by atoms with Crippen LogP contribution >= 0.6 is 0 Å². The molecule has 11 rings (SSSR count). The van der Waals surface area contributed by atoms with E-state index in [4.69, 9.17) is 0 Å². The highest BCUT2D eigenvalue weighted by atomic mass is 15.2. The second kappa shape index (κ2) is 15.2. The van der Waals surface area contributed by atoms with Crippen LogP contribution in [0.4, 0.5) is 11.4 Å². The Morgan fingerprint density at radius 2 is 1.14 bits per heavy atom. The number of fused-ring (bicyclic) bond motifs is 7. The molecule has 0 saturated carbocycles. The number of rotatable bonds is 6. The highest BCUT2D eigenvalue weighted by Gasteiger charge is 2.43. The molecule has 0 N–H and O–H groups in total. The molecule has 1 aliphatic heterocycles. The highest BCUT2D eigenvalue weighted by Crippen LogP contribution is 2.54. The van der Waals surface area contributed by atoms with Gasteiger partial charge in [-0.2, -0.15) is 0 Å². The van der Waals surface area contributed by atoms with Crippen LogP contribution in [-0.2, 0) is 0 Å². The van der Waals surface area contributed by atoms with Gasteiger partial charge in [-0.3, -0.25) is 0 Å². The van der Waals surface area contributed by atoms with Crippen LogP contribution in [0.25, 0.3) is 61.6 Å². The van der Waals surface area contributed by atoms with Crippen LogP contribution in [0, 0.1) is 0 Å². The molecular weight excluding hydrogens is 701 g/mol. The molecule has 2 heterocycles. The Hall–Kier alpha value is -6.90. The first kappa shape index (κ1) is 35.5. The maximum Gasteiger partial charge on any atom is 0.0637 e. The van der Waals surface area contributed by atoms with Gasteiger partial charge in [0.2, 0.25) is 0 Å². The lowest BCUT2D eigenvalue weighted by Crippen LogP contribution is -2.30. The Bertz CT molecular complexity index is 2850. The molecule has 8 aromatic rings. The van der Waals surface area contributed by atoms with Gasteiger partial charge in [-0.05, 0) is 117 Å². The normalized spacial score (nSPS) is 16.2. The summed E-state index contributed by atoms with van der Waals surface area (Å²) in [5, 5.41) is 1.31. The Morgan fingerprint density at radius 1 is 0.500 bits per heavy atom. The number of benzene rings is 7. The Balaban J connectivity index is 0.00000201. The lowest BCUT2D eigenvalue weighted by Gasteiger charge is -2.31. The second-order valence-electron chi connectivity index (χ2n) is 15.1. The summed E-state index contributed by atoms with van der Waals surface area (Å²) in [6.45, 7) is 4.00. The molecule has 0 radical (unpaired) electrons. The lowest BCUT2D eigenvalue weighted by molar-refractivity contribution is 0.725. The number of hydrogen-bond donors (Lipinski definition) is 0. The van der Waals surface area contributed by atoms with Gasteiger partial charge in [0.25, 0.3) is 0 Å². The van der Waals surface area contributed by atoms with E-state index in [-0.39, 0.29) is 12.0 Å². The van der Waals surface area contributed by atoms with E-state index in [0.29, 0.717) is 0 Å². The van der Waals surface area contributed by atoms with Crippen LogP contribution in [0.3, 0.4) is 0 Å². The Kier molecular flexibility index (Phi) is 9.31. The Labute approximate surface area is 342 Å². The van der Waals surface area contributed by atoms with Crippen molar-refractivity contribution in [3.05, 3.63) is 223 Å². The van der Waals surface area contributed by atoms with Crippen molar-refractivity contribution < 1.29 is 0 Å². The maximum absolute atomic E-state index is 2.56. The molecule has 0 saturated heterocycles.